The molecular formula is C10H9NO3S. The van der Waals surface area contributed by atoms with Crippen molar-refractivity contribution in [1.29, 1.82) is 0 Å². The van der Waals surface area contributed by atoms with Gasteiger partial charge in [-0.15, -0.1) is 0 Å². The third-order valence-corrected chi connectivity index (χ3v) is 2.74. The molecule has 0 bridgehead atoms. The van der Waals surface area contributed by atoms with Crippen molar-refractivity contribution in [1.82, 2.24) is 0 Å². The summed E-state index contributed by atoms with van der Waals surface area (Å²) in [6, 6.07) is 5.90. The van der Waals surface area contributed by atoms with Crippen molar-refractivity contribution in [3.05, 3.63) is 29.8 Å². The van der Waals surface area contributed by atoms with Gasteiger partial charge in [-0.1, -0.05) is 5.92 Å². The monoisotopic (exact) mass is 223 g/mol. The number of carbonyl (C=O) groups excluding carboxylic acids is 1. The van der Waals surface area contributed by atoms with Crippen molar-refractivity contribution in [3.63, 3.8) is 0 Å². The van der Waals surface area contributed by atoms with Gasteiger partial charge in [-0.3, -0.25) is 4.79 Å². The molecule has 0 saturated carbocycles. The molecule has 0 unspecified atom stereocenters. The highest BCUT2D eigenvalue weighted by molar-refractivity contribution is 7.90. The van der Waals surface area contributed by atoms with Gasteiger partial charge in [0.25, 0.3) is 5.91 Å². The number of sulfone groups is 1. The second-order valence-corrected chi connectivity index (χ2v) is 4.93. The van der Waals surface area contributed by atoms with E-state index in [1.54, 1.807) is 0 Å². The zero-order chi connectivity index (χ0) is 11.5. The minimum absolute atomic E-state index is 0.215. The minimum atomic E-state index is -3.19. The number of carbonyl (C=O) groups is 1. The number of hydrogen-bond acceptors (Lipinski definition) is 3. The molecule has 1 amide bonds. The van der Waals surface area contributed by atoms with Crippen LogP contribution in [0.2, 0.25) is 0 Å². The third kappa shape index (κ3) is 3.44. The van der Waals surface area contributed by atoms with Crippen LogP contribution in [0.15, 0.2) is 29.2 Å². The summed E-state index contributed by atoms with van der Waals surface area (Å²) in [5, 5.41) is 0. The molecule has 0 aromatic heterocycles. The highest BCUT2D eigenvalue weighted by Gasteiger charge is 2.04. The van der Waals surface area contributed by atoms with Gasteiger partial charge >= 0.3 is 0 Å². The first kappa shape index (κ1) is 11.3. The summed E-state index contributed by atoms with van der Waals surface area (Å²) in [5.41, 5.74) is 5.37. The lowest BCUT2D eigenvalue weighted by atomic mass is 10.2. The van der Waals surface area contributed by atoms with E-state index in [1.807, 2.05) is 0 Å². The van der Waals surface area contributed by atoms with E-state index in [-0.39, 0.29) is 4.90 Å². The topological polar surface area (TPSA) is 77.2 Å². The molecule has 15 heavy (non-hydrogen) atoms. The molecular weight excluding hydrogens is 214 g/mol. The van der Waals surface area contributed by atoms with Crippen molar-refractivity contribution in [3.8, 4) is 11.8 Å². The molecule has 0 aliphatic carbocycles. The van der Waals surface area contributed by atoms with Crippen LogP contribution in [-0.2, 0) is 14.6 Å². The Labute approximate surface area is 88.0 Å². The van der Waals surface area contributed by atoms with Gasteiger partial charge in [-0.05, 0) is 30.2 Å². The lowest BCUT2D eigenvalue weighted by molar-refractivity contribution is -0.112. The first-order valence-corrected chi connectivity index (χ1v) is 5.90. The molecule has 0 aliphatic rings. The van der Waals surface area contributed by atoms with Crippen LogP contribution in [0.3, 0.4) is 0 Å². The minimum Gasteiger partial charge on any atom is -0.359 e. The lowest BCUT2D eigenvalue weighted by Gasteiger charge is -1.96. The molecule has 0 spiro atoms. The number of amides is 1. The Morgan fingerprint density at radius 1 is 1.27 bits per heavy atom. The fraction of sp³-hybridized carbons (Fsp3) is 0.100. The number of hydrogen-bond donors (Lipinski definition) is 1. The van der Waals surface area contributed by atoms with Gasteiger partial charge in [-0.2, -0.15) is 0 Å². The summed E-state index contributed by atoms with van der Waals surface area (Å²) in [5.74, 6) is 3.94. The third-order valence-electron chi connectivity index (χ3n) is 1.61. The van der Waals surface area contributed by atoms with Crippen LogP contribution in [-0.4, -0.2) is 20.6 Å². The quantitative estimate of drug-likeness (QED) is 0.677. The van der Waals surface area contributed by atoms with Crippen LogP contribution in [0.25, 0.3) is 0 Å². The normalized spacial score (nSPS) is 10.2. The second-order valence-electron chi connectivity index (χ2n) is 2.91. The molecule has 0 radical (unpaired) electrons. The standard InChI is InChI=1S/C10H9NO3S/c1-15(13,14)9-5-2-8(3-6-9)4-7-10(11)12/h2-3,5-6H,1H3,(H2,11,12). The van der Waals surface area contributed by atoms with Gasteiger partial charge in [0.05, 0.1) is 4.90 Å². The molecule has 1 aromatic rings. The van der Waals surface area contributed by atoms with Crippen molar-refractivity contribution in [2.45, 2.75) is 4.90 Å². The van der Waals surface area contributed by atoms with Crippen LogP contribution < -0.4 is 5.73 Å². The SMILES string of the molecule is CS(=O)(=O)c1ccc(C#CC(N)=O)cc1. The predicted molar refractivity (Wildman–Crippen MR) is 55.6 cm³/mol. The van der Waals surface area contributed by atoms with Crippen LogP contribution in [0.4, 0.5) is 0 Å². The molecule has 1 aromatic carbocycles. The second kappa shape index (κ2) is 4.15. The van der Waals surface area contributed by atoms with Gasteiger partial charge in [0.2, 0.25) is 0 Å². The van der Waals surface area contributed by atoms with Gasteiger partial charge in [-0.25, -0.2) is 8.42 Å². The average Bonchev–Trinajstić information content (AvgIpc) is 2.14. The smallest absolute Gasteiger partial charge is 0.293 e. The zero-order valence-electron chi connectivity index (χ0n) is 8.02. The summed E-state index contributed by atoms with van der Waals surface area (Å²) in [6.45, 7) is 0. The van der Waals surface area contributed by atoms with E-state index in [9.17, 15) is 13.2 Å². The van der Waals surface area contributed by atoms with Crippen molar-refractivity contribution in [2.75, 3.05) is 6.26 Å². The first-order valence-electron chi connectivity index (χ1n) is 4.01. The van der Waals surface area contributed by atoms with E-state index < -0.39 is 15.7 Å². The van der Waals surface area contributed by atoms with Crippen molar-refractivity contribution >= 4 is 15.7 Å². The summed E-state index contributed by atoms with van der Waals surface area (Å²) in [7, 11) is -3.19. The van der Waals surface area contributed by atoms with E-state index in [0.29, 0.717) is 5.56 Å². The summed E-state index contributed by atoms with van der Waals surface area (Å²) in [6.07, 6.45) is 1.12. The number of primary amides is 1. The Bertz CT molecular complexity index is 532. The first-order chi connectivity index (χ1) is 6.89. The van der Waals surface area contributed by atoms with E-state index >= 15 is 0 Å². The largest absolute Gasteiger partial charge is 0.359 e. The van der Waals surface area contributed by atoms with Gasteiger partial charge in [0, 0.05) is 11.8 Å². The molecule has 2 N–H and O–H groups in total. The molecule has 0 atom stereocenters. The van der Waals surface area contributed by atoms with E-state index in [2.05, 4.69) is 11.8 Å². The van der Waals surface area contributed by atoms with E-state index in [1.165, 1.54) is 24.3 Å². The Hall–Kier alpha value is -1.80. The molecule has 5 heteroatoms. The maximum absolute atomic E-state index is 11.1. The molecule has 4 nitrogen and oxygen atoms in total. The molecule has 0 fully saturated rings. The van der Waals surface area contributed by atoms with Gasteiger partial charge in [0.1, 0.15) is 0 Å². The fourth-order valence-electron chi connectivity index (χ4n) is 0.919. The molecule has 0 heterocycles. The number of rotatable bonds is 1. The highest BCUT2D eigenvalue weighted by atomic mass is 32.2. The van der Waals surface area contributed by atoms with Crippen LogP contribution >= 0.6 is 0 Å². The Kier molecular flexibility index (Phi) is 3.12. The zero-order valence-corrected chi connectivity index (χ0v) is 8.84. The van der Waals surface area contributed by atoms with Gasteiger partial charge < -0.3 is 5.73 Å². The van der Waals surface area contributed by atoms with Crippen LogP contribution in [0.5, 0.6) is 0 Å². The maximum atomic E-state index is 11.1. The van der Waals surface area contributed by atoms with Gasteiger partial charge in [0.15, 0.2) is 9.84 Å². The fourth-order valence-corrected chi connectivity index (χ4v) is 1.55. The Morgan fingerprint density at radius 3 is 2.20 bits per heavy atom. The summed E-state index contributed by atoms with van der Waals surface area (Å²) in [4.78, 5) is 10.6. The Balaban J connectivity index is 3.03. The highest BCUT2D eigenvalue weighted by Crippen LogP contribution is 2.09. The summed E-state index contributed by atoms with van der Waals surface area (Å²) < 4.78 is 22.2. The molecule has 78 valence electrons. The molecule has 0 aliphatic heterocycles. The average molecular weight is 223 g/mol. The maximum Gasteiger partial charge on any atom is 0.293 e. The van der Waals surface area contributed by atoms with Crippen LogP contribution in [0, 0.1) is 11.8 Å². The lowest BCUT2D eigenvalue weighted by Crippen LogP contribution is -2.06. The molecule has 1 rings (SSSR count). The van der Waals surface area contributed by atoms with E-state index in [0.717, 1.165) is 6.26 Å². The molecule has 0 saturated heterocycles. The Morgan fingerprint density at radius 2 is 1.80 bits per heavy atom. The van der Waals surface area contributed by atoms with Crippen molar-refractivity contribution < 1.29 is 13.2 Å². The van der Waals surface area contributed by atoms with Crippen LogP contribution in [0.1, 0.15) is 5.56 Å². The van der Waals surface area contributed by atoms with Crippen molar-refractivity contribution in [2.24, 2.45) is 5.73 Å². The predicted octanol–water partition coefficient (Wildman–Crippen LogP) is -0.0731. The van der Waals surface area contributed by atoms with E-state index in [4.69, 9.17) is 5.73 Å². The summed E-state index contributed by atoms with van der Waals surface area (Å²) >= 11 is 0. The number of nitrogens with two attached hydrogens (primary N) is 1. The number of benzene rings is 1.